The fraction of sp³-hybridized carbons (Fsp3) is 0.300. The van der Waals surface area contributed by atoms with Crippen molar-refractivity contribution in [3.63, 3.8) is 0 Å². The van der Waals surface area contributed by atoms with E-state index in [0.29, 0.717) is 6.54 Å². The fourth-order valence-corrected chi connectivity index (χ4v) is 2.40. The first-order chi connectivity index (χ1) is 7.29. The Balaban J connectivity index is 2.13. The van der Waals surface area contributed by atoms with Crippen LogP contribution in [-0.2, 0) is 6.42 Å². The largest absolute Gasteiger partial charge is 0.441 e. The van der Waals surface area contributed by atoms with Gasteiger partial charge in [-0.3, -0.25) is 0 Å². The number of thiophene rings is 1. The van der Waals surface area contributed by atoms with Crippen molar-refractivity contribution in [2.24, 2.45) is 5.73 Å². The van der Waals surface area contributed by atoms with Gasteiger partial charge in [-0.2, -0.15) is 0 Å². The molecule has 0 bridgehead atoms. The summed E-state index contributed by atoms with van der Waals surface area (Å²) in [6, 6.07) is 2.03. The highest BCUT2D eigenvalue weighted by molar-refractivity contribution is 9.11. The first kappa shape index (κ1) is 10.9. The SMILES string of the molecule is NCCCc1ncc(-c2csc(Br)c2)o1. The number of rotatable bonds is 4. The maximum absolute atomic E-state index is 5.60. The molecule has 80 valence electrons. The van der Waals surface area contributed by atoms with E-state index >= 15 is 0 Å². The number of oxazole rings is 1. The van der Waals surface area contributed by atoms with Crippen LogP contribution in [-0.4, -0.2) is 11.5 Å². The van der Waals surface area contributed by atoms with Crippen molar-refractivity contribution >= 4 is 27.3 Å². The molecule has 0 aliphatic heterocycles. The van der Waals surface area contributed by atoms with Gasteiger partial charge in [-0.05, 0) is 35.0 Å². The Hall–Kier alpha value is -0.650. The Morgan fingerprint density at radius 3 is 3.07 bits per heavy atom. The summed E-state index contributed by atoms with van der Waals surface area (Å²) in [5.74, 6) is 1.58. The van der Waals surface area contributed by atoms with Gasteiger partial charge in [0.05, 0.1) is 9.98 Å². The number of hydrogen-bond acceptors (Lipinski definition) is 4. The number of hydrogen-bond donors (Lipinski definition) is 1. The van der Waals surface area contributed by atoms with Crippen molar-refractivity contribution in [2.45, 2.75) is 12.8 Å². The van der Waals surface area contributed by atoms with E-state index in [2.05, 4.69) is 20.9 Å². The molecule has 0 aliphatic rings. The van der Waals surface area contributed by atoms with Crippen LogP contribution in [0.2, 0.25) is 0 Å². The molecule has 2 aromatic heterocycles. The minimum absolute atomic E-state index is 0.668. The van der Waals surface area contributed by atoms with Gasteiger partial charge >= 0.3 is 0 Å². The third-order valence-corrected chi connectivity index (χ3v) is 3.50. The second-order valence-corrected chi connectivity index (χ2v) is 5.44. The normalized spacial score (nSPS) is 10.8. The van der Waals surface area contributed by atoms with Gasteiger partial charge in [0.1, 0.15) is 0 Å². The molecule has 0 fully saturated rings. The summed E-state index contributed by atoms with van der Waals surface area (Å²) in [5, 5.41) is 2.04. The van der Waals surface area contributed by atoms with Crippen LogP contribution in [0.15, 0.2) is 25.8 Å². The van der Waals surface area contributed by atoms with Gasteiger partial charge in [0, 0.05) is 17.4 Å². The smallest absolute Gasteiger partial charge is 0.194 e. The molecule has 0 atom stereocenters. The molecule has 5 heteroatoms. The van der Waals surface area contributed by atoms with Crippen LogP contribution in [0.5, 0.6) is 0 Å². The van der Waals surface area contributed by atoms with E-state index in [4.69, 9.17) is 10.2 Å². The highest BCUT2D eigenvalue weighted by Crippen LogP contribution is 2.29. The molecule has 3 nitrogen and oxygen atoms in total. The van der Waals surface area contributed by atoms with E-state index < -0.39 is 0 Å². The fourth-order valence-electron chi connectivity index (χ4n) is 1.25. The maximum atomic E-state index is 5.60. The summed E-state index contributed by atoms with van der Waals surface area (Å²) in [5.41, 5.74) is 6.49. The molecular formula is C10H11BrN2OS. The molecule has 15 heavy (non-hydrogen) atoms. The molecule has 2 N–H and O–H groups in total. The van der Waals surface area contributed by atoms with Gasteiger partial charge in [-0.15, -0.1) is 11.3 Å². The molecule has 0 radical (unpaired) electrons. The first-order valence-electron chi connectivity index (χ1n) is 4.69. The molecule has 2 rings (SSSR count). The lowest BCUT2D eigenvalue weighted by Gasteiger charge is -1.92. The van der Waals surface area contributed by atoms with Crippen LogP contribution < -0.4 is 5.73 Å². The number of halogens is 1. The molecule has 0 unspecified atom stereocenters. The lowest BCUT2D eigenvalue weighted by Crippen LogP contribution is -2.00. The molecule has 2 heterocycles. The zero-order valence-corrected chi connectivity index (χ0v) is 10.5. The summed E-state index contributed by atoms with van der Waals surface area (Å²) in [6.07, 6.45) is 3.48. The third-order valence-electron chi connectivity index (χ3n) is 2.00. The Bertz CT molecular complexity index is 438. The highest BCUT2D eigenvalue weighted by atomic mass is 79.9. The standard InChI is InChI=1S/C10H11BrN2OS/c11-9-4-7(6-15-9)8-5-13-10(14-8)2-1-3-12/h4-6H,1-3,12H2. The van der Waals surface area contributed by atoms with E-state index in [0.717, 1.165) is 33.8 Å². The van der Waals surface area contributed by atoms with Gasteiger partial charge in [0.2, 0.25) is 0 Å². The van der Waals surface area contributed by atoms with Gasteiger partial charge in [-0.1, -0.05) is 0 Å². The van der Waals surface area contributed by atoms with Crippen LogP contribution in [0.25, 0.3) is 11.3 Å². The molecule has 2 aromatic rings. The van der Waals surface area contributed by atoms with E-state index in [9.17, 15) is 0 Å². The molecule has 0 saturated carbocycles. The lowest BCUT2D eigenvalue weighted by molar-refractivity contribution is 0.499. The minimum Gasteiger partial charge on any atom is -0.441 e. The average Bonchev–Trinajstić information content (AvgIpc) is 2.83. The molecular weight excluding hydrogens is 276 g/mol. The number of aryl methyl sites for hydroxylation is 1. The zero-order valence-electron chi connectivity index (χ0n) is 8.07. The maximum Gasteiger partial charge on any atom is 0.194 e. The van der Waals surface area contributed by atoms with E-state index in [1.165, 1.54) is 0 Å². The van der Waals surface area contributed by atoms with Crippen molar-refractivity contribution in [3.05, 3.63) is 27.3 Å². The number of nitrogens with zero attached hydrogens (tertiary/aromatic N) is 1. The molecule has 0 spiro atoms. The van der Waals surface area contributed by atoms with E-state index in [1.807, 2.05) is 11.4 Å². The summed E-state index contributed by atoms with van der Waals surface area (Å²) in [6.45, 7) is 0.668. The first-order valence-corrected chi connectivity index (χ1v) is 6.36. The van der Waals surface area contributed by atoms with Crippen molar-refractivity contribution in [1.82, 2.24) is 4.98 Å². The van der Waals surface area contributed by atoms with Gasteiger partial charge in [0.25, 0.3) is 0 Å². The average molecular weight is 287 g/mol. The Morgan fingerprint density at radius 1 is 1.53 bits per heavy atom. The van der Waals surface area contributed by atoms with Crippen molar-refractivity contribution in [3.8, 4) is 11.3 Å². The lowest BCUT2D eigenvalue weighted by atomic mass is 10.3. The number of nitrogens with two attached hydrogens (primary N) is 1. The van der Waals surface area contributed by atoms with Gasteiger partial charge in [0.15, 0.2) is 11.7 Å². The molecule has 0 aliphatic carbocycles. The van der Waals surface area contributed by atoms with Gasteiger partial charge in [-0.25, -0.2) is 4.98 Å². The van der Waals surface area contributed by atoms with Crippen LogP contribution in [0.3, 0.4) is 0 Å². The molecule has 0 aromatic carbocycles. The van der Waals surface area contributed by atoms with Crippen molar-refractivity contribution in [2.75, 3.05) is 6.54 Å². The van der Waals surface area contributed by atoms with Gasteiger partial charge < -0.3 is 10.2 Å². The van der Waals surface area contributed by atoms with Crippen LogP contribution in [0.1, 0.15) is 12.3 Å². The third kappa shape index (κ3) is 2.68. The second-order valence-electron chi connectivity index (χ2n) is 3.15. The van der Waals surface area contributed by atoms with Crippen LogP contribution >= 0.6 is 27.3 Å². The number of aromatic nitrogens is 1. The molecule has 0 amide bonds. The van der Waals surface area contributed by atoms with Crippen LogP contribution in [0.4, 0.5) is 0 Å². The second kappa shape index (κ2) is 4.92. The Kier molecular flexibility index (Phi) is 3.56. The predicted molar refractivity (Wildman–Crippen MR) is 64.9 cm³/mol. The summed E-state index contributed by atoms with van der Waals surface area (Å²) in [7, 11) is 0. The highest BCUT2D eigenvalue weighted by Gasteiger charge is 2.07. The van der Waals surface area contributed by atoms with E-state index in [1.54, 1.807) is 17.5 Å². The van der Waals surface area contributed by atoms with Crippen LogP contribution in [0, 0.1) is 0 Å². The summed E-state index contributed by atoms with van der Waals surface area (Å²) in [4.78, 5) is 4.21. The zero-order chi connectivity index (χ0) is 10.7. The van der Waals surface area contributed by atoms with E-state index in [-0.39, 0.29) is 0 Å². The quantitative estimate of drug-likeness (QED) is 0.940. The summed E-state index contributed by atoms with van der Waals surface area (Å²) < 4.78 is 6.70. The Morgan fingerprint density at radius 2 is 2.40 bits per heavy atom. The molecule has 0 saturated heterocycles. The predicted octanol–water partition coefficient (Wildman–Crippen LogP) is 3.06. The monoisotopic (exact) mass is 286 g/mol. The minimum atomic E-state index is 0.668. The summed E-state index contributed by atoms with van der Waals surface area (Å²) >= 11 is 5.05. The Labute approximate surface area is 100 Å². The van der Waals surface area contributed by atoms with Crippen molar-refractivity contribution in [1.29, 1.82) is 0 Å². The topological polar surface area (TPSA) is 52.0 Å². The van der Waals surface area contributed by atoms with Crippen molar-refractivity contribution < 1.29 is 4.42 Å².